The van der Waals surface area contributed by atoms with E-state index in [9.17, 15) is 13.2 Å². The molecule has 2 saturated heterocycles. The second-order valence-electron chi connectivity index (χ2n) is 10.4. The van der Waals surface area contributed by atoms with Gasteiger partial charge in [0.1, 0.15) is 29.8 Å². The van der Waals surface area contributed by atoms with Gasteiger partial charge in [0.25, 0.3) is 6.43 Å². The monoisotopic (exact) mass is 512 g/mol. The summed E-state index contributed by atoms with van der Waals surface area (Å²) in [5.74, 6) is 1.000. The molecule has 3 aromatic rings. The molecule has 2 atom stereocenters. The van der Waals surface area contributed by atoms with Gasteiger partial charge in [-0.3, -0.25) is 4.90 Å². The minimum atomic E-state index is -2.88. The van der Waals surface area contributed by atoms with Gasteiger partial charge >= 0.3 is 0 Å². The predicted molar refractivity (Wildman–Crippen MR) is 137 cm³/mol. The number of hydrogen-bond donors (Lipinski definition) is 1. The first-order chi connectivity index (χ1) is 17.8. The molecule has 0 aliphatic carbocycles. The molecule has 0 bridgehead atoms. The number of alkyl halides is 2. The Labute approximate surface area is 214 Å². The fourth-order valence-electron chi connectivity index (χ4n) is 5.82. The standard InChI is InChI=1S/C27H31F3N6O/c1-15(19-5-4-6-20(25(19)28)26(29)30)31-27-21-9-23-24(10-22(21)32-16(2)33-27)37-14-18-13-35(7-8-36(18)23)17-11-34(3)12-17/h4-6,9-10,15,17-18,26H,7-8,11-14H2,1-3H3,(H,31,32,33)/t15-,18-/m1/s1. The molecule has 4 heterocycles. The van der Waals surface area contributed by atoms with Crippen molar-refractivity contribution < 1.29 is 17.9 Å². The highest BCUT2D eigenvalue weighted by Gasteiger charge is 2.38. The number of likely N-dealkylation sites (tertiary alicyclic amines) is 1. The van der Waals surface area contributed by atoms with Crippen LogP contribution in [-0.4, -0.2) is 78.2 Å². The maximum Gasteiger partial charge on any atom is 0.266 e. The number of likely N-dealkylation sites (N-methyl/N-ethyl adjacent to an activating group) is 1. The van der Waals surface area contributed by atoms with Crippen LogP contribution < -0.4 is 15.0 Å². The van der Waals surface area contributed by atoms with Crippen LogP contribution in [0.1, 0.15) is 36.3 Å². The fourth-order valence-corrected chi connectivity index (χ4v) is 5.82. The van der Waals surface area contributed by atoms with Gasteiger partial charge in [-0.25, -0.2) is 23.1 Å². The van der Waals surface area contributed by atoms with E-state index in [1.807, 2.05) is 12.1 Å². The summed E-state index contributed by atoms with van der Waals surface area (Å²) < 4.78 is 47.6. The minimum absolute atomic E-state index is 0.168. The average molecular weight is 513 g/mol. The number of halogens is 3. The quantitative estimate of drug-likeness (QED) is 0.544. The smallest absolute Gasteiger partial charge is 0.266 e. The molecule has 0 saturated carbocycles. The Balaban J connectivity index is 1.31. The maximum atomic E-state index is 14.8. The van der Waals surface area contributed by atoms with E-state index in [0.717, 1.165) is 61.1 Å². The Bertz CT molecular complexity index is 1330. The Morgan fingerprint density at radius 3 is 2.59 bits per heavy atom. The summed E-state index contributed by atoms with van der Waals surface area (Å²) in [5.41, 5.74) is 1.29. The summed E-state index contributed by atoms with van der Waals surface area (Å²) in [6, 6.07) is 8.37. The molecule has 1 N–H and O–H groups in total. The predicted octanol–water partition coefficient (Wildman–Crippen LogP) is 4.39. The van der Waals surface area contributed by atoms with Gasteiger partial charge in [-0.1, -0.05) is 18.2 Å². The summed E-state index contributed by atoms with van der Waals surface area (Å²) in [4.78, 5) is 16.5. The molecule has 1 aromatic heterocycles. The zero-order valence-electron chi connectivity index (χ0n) is 21.2. The molecular weight excluding hydrogens is 481 g/mol. The highest BCUT2D eigenvalue weighted by Crippen LogP contribution is 2.40. The van der Waals surface area contributed by atoms with Gasteiger partial charge < -0.3 is 19.9 Å². The summed E-state index contributed by atoms with van der Waals surface area (Å²) in [7, 11) is 2.15. The van der Waals surface area contributed by atoms with Crippen molar-refractivity contribution in [1.29, 1.82) is 0 Å². The van der Waals surface area contributed by atoms with E-state index in [2.05, 4.69) is 37.0 Å². The van der Waals surface area contributed by atoms with Gasteiger partial charge in [0.2, 0.25) is 0 Å². The van der Waals surface area contributed by atoms with Crippen LogP contribution in [0.2, 0.25) is 0 Å². The van der Waals surface area contributed by atoms with Gasteiger partial charge in [0.05, 0.1) is 28.9 Å². The molecule has 6 rings (SSSR count). The van der Waals surface area contributed by atoms with Crippen LogP contribution in [0.5, 0.6) is 5.75 Å². The number of benzene rings is 2. The lowest BCUT2D eigenvalue weighted by Crippen LogP contribution is -2.65. The molecule has 7 nitrogen and oxygen atoms in total. The highest BCUT2D eigenvalue weighted by atomic mass is 19.3. The second-order valence-corrected chi connectivity index (χ2v) is 10.4. The second kappa shape index (κ2) is 9.33. The summed E-state index contributed by atoms with van der Waals surface area (Å²) >= 11 is 0. The Kier molecular flexibility index (Phi) is 6.11. The Morgan fingerprint density at radius 1 is 1.05 bits per heavy atom. The average Bonchev–Trinajstić information content (AvgIpc) is 2.85. The number of aryl methyl sites for hydroxylation is 1. The van der Waals surface area contributed by atoms with Gasteiger partial charge in [-0.15, -0.1) is 0 Å². The van der Waals surface area contributed by atoms with Crippen molar-refractivity contribution in [3.63, 3.8) is 0 Å². The fraction of sp³-hybridized carbons (Fsp3) is 0.481. The number of aromatic nitrogens is 2. The number of nitrogens with zero attached hydrogens (tertiary/aromatic N) is 5. The maximum absolute atomic E-state index is 14.8. The molecule has 2 aromatic carbocycles. The lowest BCUT2D eigenvalue weighted by molar-refractivity contribution is 0.0325. The molecule has 0 radical (unpaired) electrons. The number of piperazine rings is 1. The number of ether oxygens (including phenoxy) is 1. The van der Waals surface area contributed by atoms with Crippen molar-refractivity contribution in [2.24, 2.45) is 0 Å². The minimum Gasteiger partial charge on any atom is -0.489 e. The van der Waals surface area contributed by atoms with Crippen molar-refractivity contribution in [1.82, 2.24) is 19.8 Å². The SMILES string of the molecule is Cc1nc(N[C@H](C)c2cccc(C(F)F)c2F)c2cc3c(cc2n1)OC[C@H]1CN(C2CN(C)C2)CCN31. The highest BCUT2D eigenvalue weighted by molar-refractivity contribution is 5.94. The number of anilines is 2. The topological polar surface area (TPSA) is 56.8 Å². The first kappa shape index (κ1) is 24.2. The molecule has 3 aliphatic heterocycles. The van der Waals surface area contributed by atoms with Crippen LogP contribution in [0.3, 0.4) is 0 Å². The van der Waals surface area contributed by atoms with Crippen LogP contribution in [0, 0.1) is 12.7 Å². The van der Waals surface area contributed by atoms with Crippen LogP contribution in [0.15, 0.2) is 30.3 Å². The van der Waals surface area contributed by atoms with Crippen molar-refractivity contribution in [3.05, 3.63) is 53.1 Å². The third-order valence-corrected chi connectivity index (χ3v) is 7.82. The van der Waals surface area contributed by atoms with Gasteiger partial charge in [-0.2, -0.15) is 0 Å². The third kappa shape index (κ3) is 4.35. The van der Waals surface area contributed by atoms with E-state index < -0.39 is 23.8 Å². The molecule has 37 heavy (non-hydrogen) atoms. The molecule has 2 fully saturated rings. The molecular formula is C27H31F3N6O. The van der Waals surface area contributed by atoms with E-state index in [4.69, 9.17) is 4.74 Å². The van der Waals surface area contributed by atoms with Crippen LogP contribution in [0.25, 0.3) is 10.9 Å². The van der Waals surface area contributed by atoms with Crippen molar-refractivity contribution >= 4 is 22.4 Å². The van der Waals surface area contributed by atoms with Crippen molar-refractivity contribution in [2.75, 3.05) is 56.6 Å². The van der Waals surface area contributed by atoms with Gasteiger partial charge in [0.15, 0.2) is 0 Å². The van der Waals surface area contributed by atoms with E-state index >= 15 is 0 Å². The Morgan fingerprint density at radius 2 is 1.84 bits per heavy atom. The normalized spacial score (nSPS) is 21.4. The number of rotatable bonds is 5. The molecule has 196 valence electrons. The summed E-state index contributed by atoms with van der Waals surface area (Å²) in [5, 5.41) is 4.05. The number of fused-ring (bicyclic) bond motifs is 4. The van der Waals surface area contributed by atoms with Crippen molar-refractivity contribution in [3.8, 4) is 5.75 Å². The van der Waals surface area contributed by atoms with Crippen LogP contribution in [0.4, 0.5) is 24.7 Å². The van der Waals surface area contributed by atoms with Gasteiger partial charge in [0, 0.05) is 55.8 Å². The largest absolute Gasteiger partial charge is 0.489 e. The summed E-state index contributed by atoms with van der Waals surface area (Å²) in [6.45, 7) is 9.25. The first-order valence-electron chi connectivity index (χ1n) is 12.8. The molecule has 10 heteroatoms. The zero-order valence-corrected chi connectivity index (χ0v) is 21.2. The molecule has 3 aliphatic rings. The zero-order chi connectivity index (χ0) is 25.8. The number of hydrogen-bond acceptors (Lipinski definition) is 7. The van der Waals surface area contributed by atoms with E-state index in [0.29, 0.717) is 24.3 Å². The lowest BCUT2D eigenvalue weighted by atomic mass is 10.0. The summed E-state index contributed by atoms with van der Waals surface area (Å²) in [6.07, 6.45) is -2.88. The van der Waals surface area contributed by atoms with Crippen LogP contribution in [-0.2, 0) is 0 Å². The van der Waals surface area contributed by atoms with E-state index in [1.165, 1.54) is 12.1 Å². The first-order valence-corrected chi connectivity index (χ1v) is 12.8. The Hall–Kier alpha value is -3.11. The van der Waals surface area contributed by atoms with Gasteiger partial charge in [-0.05, 0) is 27.0 Å². The molecule has 0 unspecified atom stereocenters. The van der Waals surface area contributed by atoms with E-state index in [1.54, 1.807) is 13.8 Å². The third-order valence-electron chi connectivity index (χ3n) is 7.82. The van der Waals surface area contributed by atoms with Crippen LogP contribution >= 0.6 is 0 Å². The van der Waals surface area contributed by atoms with E-state index in [-0.39, 0.29) is 11.6 Å². The molecule has 0 spiro atoms. The lowest BCUT2D eigenvalue weighted by Gasteiger charge is -2.51. The number of nitrogens with one attached hydrogen (secondary N) is 1. The van der Waals surface area contributed by atoms with Crippen molar-refractivity contribution in [2.45, 2.75) is 38.4 Å². The molecule has 0 amide bonds.